The molecular formula is C12H19N3O2S. The number of nitrogens with one attached hydrogen (secondary N) is 1. The molecule has 6 heteroatoms. The normalized spacial score (nSPS) is 18.9. The van der Waals surface area contributed by atoms with E-state index in [-0.39, 0.29) is 12.1 Å². The molecule has 0 radical (unpaired) electrons. The number of hydrogen-bond donors (Lipinski definition) is 1. The highest BCUT2D eigenvalue weighted by molar-refractivity contribution is 7.11. The Kier molecular flexibility index (Phi) is 4.54. The van der Waals surface area contributed by atoms with E-state index in [0.29, 0.717) is 13.1 Å². The molecule has 1 atom stereocenters. The fraction of sp³-hybridized carbons (Fsp3) is 0.667. The number of aromatic nitrogens is 1. The Labute approximate surface area is 111 Å². The van der Waals surface area contributed by atoms with Crippen LogP contribution in [0, 0.1) is 6.92 Å². The summed E-state index contributed by atoms with van der Waals surface area (Å²) in [6.07, 6.45) is 4.14. The maximum Gasteiger partial charge on any atom is 0.317 e. The predicted octanol–water partition coefficient (Wildman–Crippen LogP) is 1.77. The average molecular weight is 269 g/mol. The summed E-state index contributed by atoms with van der Waals surface area (Å²) in [6.45, 7) is 3.98. The third-order valence-corrected chi connectivity index (χ3v) is 3.81. The number of aryl methyl sites for hydroxylation is 1. The van der Waals surface area contributed by atoms with E-state index < -0.39 is 0 Å². The van der Waals surface area contributed by atoms with Gasteiger partial charge in [0.15, 0.2) is 0 Å². The van der Waals surface area contributed by atoms with Gasteiger partial charge < -0.3 is 15.0 Å². The molecule has 1 aliphatic rings. The third-order valence-electron chi connectivity index (χ3n) is 2.91. The van der Waals surface area contributed by atoms with Crippen molar-refractivity contribution in [2.24, 2.45) is 0 Å². The van der Waals surface area contributed by atoms with Crippen molar-refractivity contribution < 1.29 is 9.53 Å². The maximum atomic E-state index is 11.9. The van der Waals surface area contributed by atoms with E-state index in [0.717, 1.165) is 29.3 Å². The second-order valence-electron chi connectivity index (χ2n) is 4.52. The zero-order chi connectivity index (χ0) is 13.0. The molecule has 0 aromatic carbocycles. The fourth-order valence-electron chi connectivity index (χ4n) is 1.93. The number of thiazole rings is 1. The Balaban J connectivity index is 1.74. The van der Waals surface area contributed by atoms with E-state index in [2.05, 4.69) is 10.3 Å². The van der Waals surface area contributed by atoms with E-state index in [1.165, 1.54) is 0 Å². The smallest absolute Gasteiger partial charge is 0.317 e. The molecule has 2 rings (SSSR count). The van der Waals surface area contributed by atoms with Crippen molar-refractivity contribution in [3.8, 4) is 0 Å². The van der Waals surface area contributed by atoms with Crippen molar-refractivity contribution in [1.82, 2.24) is 15.2 Å². The summed E-state index contributed by atoms with van der Waals surface area (Å²) in [5.74, 6) is 0. The maximum absolute atomic E-state index is 11.9. The van der Waals surface area contributed by atoms with Gasteiger partial charge in [-0.25, -0.2) is 9.78 Å². The van der Waals surface area contributed by atoms with E-state index in [9.17, 15) is 4.79 Å². The lowest BCUT2D eigenvalue weighted by Crippen LogP contribution is -2.40. The van der Waals surface area contributed by atoms with Crippen LogP contribution in [0.15, 0.2) is 6.20 Å². The van der Waals surface area contributed by atoms with Gasteiger partial charge in [0.25, 0.3) is 0 Å². The van der Waals surface area contributed by atoms with E-state index >= 15 is 0 Å². The van der Waals surface area contributed by atoms with Gasteiger partial charge in [-0.15, -0.1) is 11.3 Å². The second kappa shape index (κ2) is 6.15. The Morgan fingerprint density at radius 3 is 3.17 bits per heavy atom. The van der Waals surface area contributed by atoms with Crippen LogP contribution in [0.2, 0.25) is 0 Å². The quantitative estimate of drug-likeness (QED) is 0.906. The Morgan fingerprint density at radius 2 is 2.56 bits per heavy atom. The summed E-state index contributed by atoms with van der Waals surface area (Å²) in [7, 11) is 1.79. The topological polar surface area (TPSA) is 54.5 Å². The van der Waals surface area contributed by atoms with E-state index in [4.69, 9.17) is 4.74 Å². The molecule has 18 heavy (non-hydrogen) atoms. The Morgan fingerprint density at radius 1 is 1.72 bits per heavy atom. The second-order valence-corrected chi connectivity index (χ2v) is 5.84. The first-order valence-electron chi connectivity index (χ1n) is 6.17. The minimum Gasteiger partial charge on any atom is -0.376 e. The summed E-state index contributed by atoms with van der Waals surface area (Å²) in [5.41, 5.74) is 0. The highest BCUT2D eigenvalue weighted by Gasteiger charge is 2.17. The monoisotopic (exact) mass is 269 g/mol. The largest absolute Gasteiger partial charge is 0.376 e. The average Bonchev–Trinajstić information content (AvgIpc) is 2.97. The molecule has 1 N–H and O–H groups in total. The molecular weight excluding hydrogens is 250 g/mol. The molecule has 2 heterocycles. The number of nitrogens with zero attached hydrogens (tertiary/aromatic N) is 2. The van der Waals surface area contributed by atoms with Crippen LogP contribution in [0.25, 0.3) is 0 Å². The van der Waals surface area contributed by atoms with Crippen LogP contribution in [0.1, 0.15) is 22.7 Å². The van der Waals surface area contributed by atoms with Crippen LogP contribution in [-0.2, 0) is 11.3 Å². The molecule has 0 spiro atoms. The van der Waals surface area contributed by atoms with Crippen molar-refractivity contribution in [2.45, 2.75) is 32.4 Å². The standard InChI is InChI=1S/C12H19N3O2S/c1-9-13-7-11(18-9)8-15(2)12(16)14-6-10-4-3-5-17-10/h7,10H,3-6,8H2,1-2H3,(H,14,16). The minimum absolute atomic E-state index is 0.0587. The molecule has 1 aromatic heterocycles. The molecule has 100 valence electrons. The molecule has 1 fully saturated rings. The first-order valence-corrected chi connectivity index (χ1v) is 6.98. The molecule has 2 amide bonds. The lowest BCUT2D eigenvalue weighted by Gasteiger charge is -2.18. The summed E-state index contributed by atoms with van der Waals surface area (Å²) in [4.78, 5) is 18.8. The highest BCUT2D eigenvalue weighted by atomic mass is 32.1. The predicted molar refractivity (Wildman–Crippen MR) is 70.7 cm³/mol. The SMILES string of the molecule is Cc1ncc(CN(C)C(=O)NCC2CCCO2)s1. The molecule has 1 aromatic rings. The molecule has 1 saturated heterocycles. The van der Waals surface area contributed by atoms with Crippen molar-refractivity contribution >= 4 is 17.4 Å². The molecule has 5 nitrogen and oxygen atoms in total. The summed E-state index contributed by atoms with van der Waals surface area (Å²) in [6, 6.07) is -0.0587. The molecule has 1 aliphatic heterocycles. The molecule has 0 saturated carbocycles. The van der Waals surface area contributed by atoms with Crippen LogP contribution >= 0.6 is 11.3 Å². The summed E-state index contributed by atoms with van der Waals surface area (Å²) < 4.78 is 5.46. The van der Waals surface area contributed by atoms with Gasteiger partial charge in [0.2, 0.25) is 0 Å². The third kappa shape index (κ3) is 3.68. The number of hydrogen-bond acceptors (Lipinski definition) is 4. The van der Waals surface area contributed by atoms with E-state index in [1.54, 1.807) is 23.3 Å². The Bertz CT molecular complexity index is 402. The van der Waals surface area contributed by atoms with Gasteiger partial charge in [-0.05, 0) is 19.8 Å². The number of amides is 2. The highest BCUT2D eigenvalue weighted by Crippen LogP contribution is 2.14. The van der Waals surface area contributed by atoms with Gasteiger partial charge in [0, 0.05) is 31.3 Å². The number of urea groups is 1. The number of rotatable bonds is 4. The van der Waals surface area contributed by atoms with Crippen LogP contribution in [0.5, 0.6) is 0 Å². The van der Waals surface area contributed by atoms with Gasteiger partial charge in [0.05, 0.1) is 17.7 Å². The van der Waals surface area contributed by atoms with Crippen LogP contribution in [-0.4, -0.2) is 42.2 Å². The molecule has 1 unspecified atom stereocenters. The van der Waals surface area contributed by atoms with Crippen molar-refractivity contribution in [3.05, 3.63) is 16.1 Å². The van der Waals surface area contributed by atoms with E-state index in [1.807, 2.05) is 13.1 Å². The Hall–Kier alpha value is -1.14. The van der Waals surface area contributed by atoms with Crippen molar-refractivity contribution in [3.63, 3.8) is 0 Å². The van der Waals surface area contributed by atoms with Crippen molar-refractivity contribution in [2.75, 3.05) is 20.2 Å². The van der Waals surface area contributed by atoms with Gasteiger partial charge in [0.1, 0.15) is 0 Å². The summed E-state index contributed by atoms with van der Waals surface area (Å²) in [5, 5.41) is 3.92. The fourth-order valence-corrected chi connectivity index (χ4v) is 2.77. The summed E-state index contributed by atoms with van der Waals surface area (Å²) >= 11 is 1.62. The zero-order valence-corrected chi connectivity index (χ0v) is 11.6. The lowest BCUT2D eigenvalue weighted by molar-refractivity contribution is 0.109. The number of ether oxygens (including phenoxy) is 1. The zero-order valence-electron chi connectivity index (χ0n) is 10.8. The minimum atomic E-state index is -0.0587. The molecule has 0 bridgehead atoms. The first kappa shape index (κ1) is 13.3. The van der Waals surface area contributed by atoms with Crippen LogP contribution in [0.3, 0.4) is 0 Å². The van der Waals surface area contributed by atoms with Gasteiger partial charge >= 0.3 is 6.03 Å². The number of carbonyl (C=O) groups excluding carboxylic acids is 1. The first-order chi connectivity index (χ1) is 8.65. The van der Waals surface area contributed by atoms with Crippen molar-refractivity contribution in [1.29, 1.82) is 0 Å². The molecule has 0 aliphatic carbocycles. The van der Waals surface area contributed by atoms with Gasteiger partial charge in [-0.3, -0.25) is 0 Å². The van der Waals surface area contributed by atoms with Crippen LogP contribution in [0.4, 0.5) is 4.79 Å². The lowest BCUT2D eigenvalue weighted by atomic mass is 10.2. The van der Waals surface area contributed by atoms with Crippen LogP contribution < -0.4 is 5.32 Å². The van der Waals surface area contributed by atoms with Gasteiger partial charge in [-0.2, -0.15) is 0 Å². The number of carbonyl (C=O) groups is 1. The van der Waals surface area contributed by atoms with Gasteiger partial charge in [-0.1, -0.05) is 0 Å².